The van der Waals surface area contributed by atoms with Gasteiger partial charge in [0.05, 0.1) is 19.1 Å². The lowest BCUT2D eigenvalue weighted by atomic mass is 10.1. The van der Waals surface area contributed by atoms with Crippen molar-refractivity contribution in [3.05, 3.63) is 22.6 Å². The van der Waals surface area contributed by atoms with Gasteiger partial charge in [0.1, 0.15) is 0 Å². The van der Waals surface area contributed by atoms with Gasteiger partial charge in [0.15, 0.2) is 24.1 Å². The summed E-state index contributed by atoms with van der Waals surface area (Å²) < 4.78 is 15.4. The Balaban J connectivity index is 0.000000612. The van der Waals surface area contributed by atoms with Crippen LogP contribution in [0, 0.1) is 0 Å². The van der Waals surface area contributed by atoms with Crippen molar-refractivity contribution in [2.75, 3.05) is 28.4 Å². The topological polar surface area (TPSA) is 61.8 Å². The largest absolute Gasteiger partial charge is 0.493 e. The molecule has 0 atom stereocenters. The molecule has 108 valence electrons. The van der Waals surface area contributed by atoms with Crippen LogP contribution >= 0.6 is 11.3 Å². The van der Waals surface area contributed by atoms with Crippen LogP contribution in [0.3, 0.4) is 0 Å². The fourth-order valence-electron chi connectivity index (χ4n) is 1.67. The van der Waals surface area contributed by atoms with Crippen molar-refractivity contribution in [2.24, 2.45) is 0 Å². The van der Waals surface area contributed by atoms with Crippen LogP contribution in [0.1, 0.15) is 20.0 Å². The number of hydrogen-bond acceptors (Lipinski definition) is 6. The lowest BCUT2D eigenvalue weighted by Gasteiger charge is -2.07. The van der Waals surface area contributed by atoms with Crippen LogP contribution in [-0.4, -0.2) is 41.0 Å². The van der Waals surface area contributed by atoms with Gasteiger partial charge in [-0.25, -0.2) is 0 Å². The molecule has 0 bridgehead atoms. The molecule has 1 aromatic heterocycles. The van der Waals surface area contributed by atoms with Crippen molar-refractivity contribution in [1.82, 2.24) is 0 Å². The molecule has 2 rings (SSSR count). The van der Waals surface area contributed by atoms with Gasteiger partial charge < -0.3 is 14.2 Å². The maximum absolute atomic E-state index is 11.0. The maximum atomic E-state index is 11.0. The number of hydrogen-bond donors (Lipinski definition) is 0. The summed E-state index contributed by atoms with van der Waals surface area (Å²) in [6, 6.07) is 3.47. The van der Waals surface area contributed by atoms with Gasteiger partial charge in [-0.3, -0.25) is 9.59 Å². The molecule has 0 aliphatic carbocycles. The second kappa shape index (κ2) is 7.62. The van der Waals surface area contributed by atoms with Gasteiger partial charge >= 0.3 is 0 Å². The third-order valence-electron chi connectivity index (χ3n) is 2.49. The second-order valence-electron chi connectivity index (χ2n) is 3.73. The van der Waals surface area contributed by atoms with Crippen molar-refractivity contribution in [3.63, 3.8) is 0 Å². The number of thiophene rings is 1. The third kappa shape index (κ3) is 3.15. The molecule has 5 nitrogen and oxygen atoms in total. The predicted octanol–water partition coefficient (Wildman–Crippen LogP) is 2.81. The lowest BCUT2D eigenvalue weighted by Crippen LogP contribution is -1.90. The van der Waals surface area contributed by atoms with Crippen molar-refractivity contribution < 1.29 is 23.8 Å². The third-order valence-corrected chi connectivity index (χ3v) is 3.58. The summed E-state index contributed by atoms with van der Waals surface area (Å²) in [5.41, 5.74) is 0.404. The van der Waals surface area contributed by atoms with Crippen LogP contribution in [0.15, 0.2) is 12.1 Å². The summed E-state index contributed by atoms with van der Waals surface area (Å²) in [5.74, 6) is 1.12. The van der Waals surface area contributed by atoms with Crippen molar-refractivity contribution in [2.45, 2.75) is 0 Å². The molecule has 20 heavy (non-hydrogen) atoms. The zero-order valence-electron chi connectivity index (χ0n) is 11.8. The Morgan fingerprint density at radius 2 is 1.50 bits per heavy atom. The van der Waals surface area contributed by atoms with Crippen LogP contribution < -0.4 is 9.47 Å². The Bertz CT molecular complexity index is 603. The van der Waals surface area contributed by atoms with Gasteiger partial charge in [0.2, 0.25) is 0 Å². The van der Waals surface area contributed by atoms with Crippen LogP contribution in [-0.2, 0) is 4.74 Å². The molecule has 0 unspecified atom stereocenters. The molecule has 0 aliphatic heterocycles. The number of carbonyl (C=O) groups excluding carboxylic acids is 2. The number of carbonyl (C=O) groups is 2. The molecule has 1 aromatic carbocycles. The van der Waals surface area contributed by atoms with Gasteiger partial charge in [-0.15, -0.1) is 11.3 Å². The number of benzene rings is 1. The van der Waals surface area contributed by atoms with Crippen LogP contribution in [0.2, 0.25) is 0 Å². The van der Waals surface area contributed by atoms with Crippen molar-refractivity contribution >= 4 is 34.0 Å². The average molecular weight is 296 g/mol. The lowest BCUT2D eigenvalue weighted by molar-refractivity contribution is 0.109. The highest BCUT2D eigenvalue weighted by Gasteiger charge is 2.14. The monoisotopic (exact) mass is 296 g/mol. The van der Waals surface area contributed by atoms with Crippen molar-refractivity contribution in [3.8, 4) is 11.5 Å². The summed E-state index contributed by atoms with van der Waals surface area (Å²) in [5, 5.41) is 0.713. The average Bonchev–Trinajstić information content (AvgIpc) is 2.82. The molecule has 0 saturated heterocycles. The zero-order valence-corrected chi connectivity index (χ0v) is 12.6. The normalized spacial score (nSPS) is 9.60. The fourth-order valence-corrected chi connectivity index (χ4v) is 2.67. The zero-order chi connectivity index (χ0) is 15.1. The molecule has 2 aromatic rings. The number of aldehydes is 2. The highest BCUT2D eigenvalue weighted by atomic mass is 32.1. The molecule has 0 spiro atoms. The first kappa shape index (κ1) is 16.1. The van der Waals surface area contributed by atoms with Crippen LogP contribution in [0.25, 0.3) is 10.1 Å². The Hall–Kier alpha value is -1.92. The minimum Gasteiger partial charge on any atom is -0.493 e. The van der Waals surface area contributed by atoms with E-state index in [-0.39, 0.29) is 0 Å². The standard InChI is InChI=1S/C12H10O4S.C2H6O/c1-15-9-3-7-8(5-13)12(6-14)17-11(7)4-10(9)16-2;1-3-2/h3-6H,1-2H3;1-2H3. The van der Waals surface area contributed by atoms with E-state index in [1.807, 2.05) is 0 Å². The van der Waals surface area contributed by atoms with Gasteiger partial charge in [0, 0.05) is 35.9 Å². The molecular weight excluding hydrogens is 280 g/mol. The van der Waals surface area contributed by atoms with Gasteiger partial charge in [-0.2, -0.15) is 0 Å². The summed E-state index contributed by atoms with van der Waals surface area (Å²) >= 11 is 1.26. The number of ether oxygens (including phenoxy) is 3. The smallest absolute Gasteiger partial charge is 0.162 e. The van der Waals surface area contributed by atoms with E-state index >= 15 is 0 Å². The van der Waals surface area contributed by atoms with Gasteiger partial charge in [-0.05, 0) is 6.07 Å². The molecule has 0 fully saturated rings. The molecule has 0 radical (unpaired) electrons. The minimum absolute atomic E-state index is 0.404. The quantitative estimate of drug-likeness (QED) is 0.812. The number of rotatable bonds is 4. The highest BCUT2D eigenvalue weighted by Crippen LogP contribution is 2.38. The highest BCUT2D eigenvalue weighted by molar-refractivity contribution is 7.21. The number of fused-ring (bicyclic) bond motifs is 1. The fraction of sp³-hybridized carbons (Fsp3) is 0.286. The Kier molecular flexibility index (Phi) is 6.14. The molecule has 0 saturated carbocycles. The van der Waals surface area contributed by atoms with Gasteiger partial charge in [-0.1, -0.05) is 0 Å². The Morgan fingerprint density at radius 3 is 1.95 bits per heavy atom. The van der Waals surface area contributed by atoms with E-state index < -0.39 is 0 Å². The Morgan fingerprint density at radius 1 is 0.950 bits per heavy atom. The molecule has 0 N–H and O–H groups in total. The van der Waals surface area contributed by atoms with E-state index in [4.69, 9.17) is 9.47 Å². The summed E-state index contributed by atoms with van der Waals surface area (Å²) in [6.45, 7) is 0. The maximum Gasteiger partial charge on any atom is 0.162 e. The predicted molar refractivity (Wildman–Crippen MR) is 78.6 cm³/mol. The summed E-state index contributed by atoms with van der Waals surface area (Å²) in [7, 11) is 6.32. The van der Waals surface area contributed by atoms with E-state index in [0.29, 0.717) is 39.9 Å². The molecule has 1 heterocycles. The second-order valence-corrected chi connectivity index (χ2v) is 4.81. The van der Waals surface area contributed by atoms with E-state index in [0.717, 1.165) is 4.70 Å². The summed E-state index contributed by atoms with van der Waals surface area (Å²) in [6.07, 6.45) is 1.38. The van der Waals surface area contributed by atoms with E-state index in [2.05, 4.69) is 4.74 Å². The van der Waals surface area contributed by atoms with Crippen molar-refractivity contribution in [1.29, 1.82) is 0 Å². The Labute approximate surface area is 121 Å². The molecular formula is C14H16O5S. The molecule has 6 heteroatoms. The van der Waals surface area contributed by atoms with E-state index in [1.54, 1.807) is 33.5 Å². The van der Waals surface area contributed by atoms with E-state index in [9.17, 15) is 9.59 Å². The first-order chi connectivity index (χ1) is 9.66. The molecule has 0 aliphatic rings. The van der Waals surface area contributed by atoms with Gasteiger partial charge in [0.25, 0.3) is 0 Å². The van der Waals surface area contributed by atoms with Crippen LogP contribution in [0.4, 0.5) is 0 Å². The number of methoxy groups -OCH3 is 3. The van der Waals surface area contributed by atoms with Crippen LogP contribution in [0.5, 0.6) is 11.5 Å². The summed E-state index contributed by atoms with van der Waals surface area (Å²) in [4.78, 5) is 22.3. The minimum atomic E-state index is 0.404. The first-order valence-corrected chi connectivity index (χ1v) is 6.47. The first-order valence-electron chi connectivity index (χ1n) is 5.65. The molecule has 0 amide bonds. The van der Waals surface area contributed by atoms with E-state index in [1.165, 1.54) is 18.4 Å². The SMILES string of the molecule is COC.COc1cc2sc(C=O)c(C=O)c2cc1OC.